The molecule has 0 saturated heterocycles. The third kappa shape index (κ3) is 2.09. The van der Waals surface area contributed by atoms with Gasteiger partial charge in [-0.15, -0.1) is 5.10 Å². The summed E-state index contributed by atoms with van der Waals surface area (Å²) in [5.74, 6) is -0.592. The van der Waals surface area contributed by atoms with E-state index in [1.807, 2.05) is 0 Å². The van der Waals surface area contributed by atoms with Crippen molar-refractivity contribution in [2.24, 2.45) is 12.8 Å². The van der Waals surface area contributed by atoms with E-state index in [0.29, 0.717) is 10.1 Å². The van der Waals surface area contributed by atoms with Gasteiger partial charge in [0.05, 0.1) is 11.3 Å². The molecule has 0 radical (unpaired) electrons. The van der Waals surface area contributed by atoms with Gasteiger partial charge in [-0.3, -0.25) is 9.36 Å². The van der Waals surface area contributed by atoms with Crippen molar-refractivity contribution >= 4 is 23.4 Å². The first-order chi connectivity index (χ1) is 8.50. The lowest BCUT2D eigenvalue weighted by molar-refractivity contribution is 0.100. The quantitative estimate of drug-likeness (QED) is 0.671. The van der Waals surface area contributed by atoms with Crippen molar-refractivity contribution in [1.29, 1.82) is 0 Å². The van der Waals surface area contributed by atoms with E-state index < -0.39 is 5.91 Å². The van der Waals surface area contributed by atoms with Gasteiger partial charge in [0.25, 0.3) is 5.91 Å². The molecule has 2 aromatic rings. The molecule has 1 amide bonds. The van der Waals surface area contributed by atoms with Crippen LogP contribution in [-0.2, 0) is 7.05 Å². The molecule has 0 aliphatic heterocycles. The highest BCUT2D eigenvalue weighted by atomic mass is 32.2. The smallest absolute Gasteiger partial charge is 0.343 e. The summed E-state index contributed by atoms with van der Waals surface area (Å²) in [6, 6.07) is 4.94. The molecule has 1 heterocycles. The number of hydrogen-bond acceptors (Lipinski definition) is 5. The first-order valence-electron chi connectivity index (χ1n) is 4.98. The Morgan fingerprint density at radius 1 is 1.50 bits per heavy atom. The maximum atomic E-state index is 11.2. The number of hydrogen-bond donors (Lipinski definition) is 3. The van der Waals surface area contributed by atoms with Crippen molar-refractivity contribution in [3.05, 3.63) is 34.2 Å². The van der Waals surface area contributed by atoms with Crippen LogP contribution in [0.15, 0.2) is 33.0 Å². The summed E-state index contributed by atoms with van der Waals surface area (Å²) in [5.41, 5.74) is 11.3. The molecule has 1 aromatic carbocycles. The molecule has 94 valence electrons. The summed E-state index contributed by atoms with van der Waals surface area (Å²) in [5, 5.41) is 6.61. The zero-order valence-electron chi connectivity index (χ0n) is 9.51. The summed E-state index contributed by atoms with van der Waals surface area (Å²) < 4.78 is 1.35. The highest BCUT2D eigenvalue weighted by Crippen LogP contribution is 2.31. The fraction of sp³-hybridized carbons (Fsp3) is 0.100. The summed E-state index contributed by atoms with van der Waals surface area (Å²) in [6.07, 6.45) is 0. The molecule has 5 N–H and O–H groups in total. The molecular weight excluding hydrogens is 254 g/mol. The van der Waals surface area contributed by atoms with E-state index >= 15 is 0 Å². The molecule has 0 atom stereocenters. The van der Waals surface area contributed by atoms with Gasteiger partial charge in [0.15, 0.2) is 5.16 Å². The molecule has 0 spiro atoms. The van der Waals surface area contributed by atoms with Crippen molar-refractivity contribution in [2.45, 2.75) is 10.1 Å². The summed E-state index contributed by atoms with van der Waals surface area (Å²) in [6.45, 7) is 0. The molecule has 2 rings (SSSR count). The Bertz CT molecular complexity index is 661. The Morgan fingerprint density at radius 2 is 2.22 bits per heavy atom. The summed E-state index contributed by atoms with van der Waals surface area (Å²) in [4.78, 5) is 23.0. The third-order valence-electron chi connectivity index (χ3n) is 2.37. The van der Waals surface area contributed by atoms with E-state index in [0.717, 1.165) is 0 Å². The second-order valence-electron chi connectivity index (χ2n) is 3.55. The molecule has 0 aliphatic carbocycles. The van der Waals surface area contributed by atoms with Crippen LogP contribution in [-0.4, -0.2) is 20.7 Å². The summed E-state index contributed by atoms with van der Waals surface area (Å²) >= 11 is 1.18. The molecule has 18 heavy (non-hydrogen) atoms. The number of carbonyl (C=O) groups excluding carboxylic acids is 1. The standard InChI is InChI=1S/C10H11N5O2S/c1-15-9(17)13-14-10(15)18-6-4-2-3-5(7(6)11)8(12)16/h2-4H,11H2,1H3,(H2,12,16)(H,13,17). The fourth-order valence-corrected chi connectivity index (χ4v) is 2.24. The van der Waals surface area contributed by atoms with Crippen LogP contribution in [0.2, 0.25) is 0 Å². The molecular formula is C10H11N5O2S. The molecule has 0 fully saturated rings. The Hall–Kier alpha value is -2.22. The number of nitrogens with zero attached hydrogens (tertiary/aromatic N) is 2. The number of anilines is 1. The average molecular weight is 265 g/mol. The Labute approximate surface area is 106 Å². The largest absolute Gasteiger partial charge is 0.397 e. The van der Waals surface area contributed by atoms with Gasteiger partial charge in [-0.2, -0.15) is 0 Å². The predicted octanol–water partition coefficient (Wildman–Crippen LogP) is -0.0593. The molecule has 0 aliphatic rings. The normalized spacial score (nSPS) is 10.5. The van der Waals surface area contributed by atoms with Gasteiger partial charge < -0.3 is 11.5 Å². The number of nitrogen functional groups attached to an aromatic ring is 1. The van der Waals surface area contributed by atoms with E-state index in [2.05, 4.69) is 10.2 Å². The van der Waals surface area contributed by atoms with Crippen LogP contribution in [0.1, 0.15) is 10.4 Å². The highest BCUT2D eigenvalue weighted by molar-refractivity contribution is 7.99. The monoisotopic (exact) mass is 265 g/mol. The van der Waals surface area contributed by atoms with E-state index in [9.17, 15) is 9.59 Å². The number of nitrogens with two attached hydrogens (primary N) is 2. The van der Waals surface area contributed by atoms with E-state index in [4.69, 9.17) is 11.5 Å². The average Bonchev–Trinajstić information content (AvgIpc) is 2.63. The Kier molecular flexibility index (Phi) is 3.11. The van der Waals surface area contributed by atoms with Crippen LogP contribution < -0.4 is 17.2 Å². The topological polar surface area (TPSA) is 120 Å². The Balaban J connectivity index is 2.41. The lowest BCUT2D eigenvalue weighted by Gasteiger charge is -2.07. The number of aromatic amines is 1. The van der Waals surface area contributed by atoms with Gasteiger partial charge >= 0.3 is 5.69 Å². The zero-order valence-corrected chi connectivity index (χ0v) is 10.3. The minimum Gasteiger partial charge on any atom is -0.397 e. The van der Waals surface area contributed by atoms with Crippen molar-refractivity contribution in [1.82, 2.24) is 14.8 Å². The maximum Gasteiger partial charge on any atom is 0.343 e. The van der Waals surface area contributed by atoms with Crippen molar-refractivity contribution in [2.75, 3.05) is 5.73 Å². The van der Waals surface area contributed by atoms with Crippen LogP contribution in [0.25, 0.3) is 0 Å². The minimum atomic E-state index is -0.592. The predicted molar refractivity (Wildman–Crippen MR) is 67.3 cm³/mol. The van der Waals surface area contributed by atoms with E-state index in [1.165, 1.54) is 16.3 Å². The number of carbonyl (C=O) groups is 1. The zero-order chi connectivity index (χ0) is 13.3. The number of aromatic nitrogens is 3. The van der Waals surface area contributed by atoms with Gasteiger partial charge in [0, 0.05) is 11.9 Å². The van der Waals surface area contributed by atoms with Gasteiger partial charge in [-0.1, -0.05) is 6.07 Å². The lowest BCUT2D eigenvalue weighted by Crippen LogP contribution is -2.14. The van der Waals surface area contributed by atoms with Crippen LogP contribution in [0.4, 0.5) is 5.69 Å². The van der Waals surface area contributed by atoms with Crippen LogP contribution in [0, 0.1) is 0 Å². The highest BCUT2D eigenvalue weighted by Gasteiger charge is 2.13. The number of benzene rings is 1. The first kappa shape index (κ1) is 12.2. The molecule has 7 nitrogen and oxygen atoms in total. The van der Waals surface area contributed by atoms with Gasteiger partial charge in [-0.25, -0.2) is 9.89 Å². The van der Waals surface area contributed by atoms with Crippen molar-refractivity contribution < 1.29 is 4.79 Å². The number of para-hydroxylation sites is 1. The van der Waals surface area contributed by atoms with Crippen molar-refractivity contribution in [3.63, 3.8) is 0 Å². The van der Waals surface area contributed by atoms with Gasteiger partial charge in [0.2, 0.25) is 0 Å². The number of amides is 1. The minimum absolute atomic E-state index is 0.250. The number of rotatable bonds is 3. The molecule has 0 unspecified atom stereocenters. The Morgan fingerprint density at radius 3 is 2.78 bits per heavy atom. The van der Waals surface area contributed by atoms with Crippen LogP contribution in [0.5, 0.6) is 0 Å². The van der Waals surface area contributed by atoms with Crippen LogP contribution >= 0.6 is 11.8 Å². The van der Waals surface area contributed by atoms with Crippen LogP contribution in [0.3, 0.4) is 0 Å². The van der Waals surface area contributed by atoms with Gasteiger partial charge in [0.1, 0.15) is 0 Å². The lowest BCUT2D eigenvalue weighted by atomic mass is 10.2. The number of H-pyrrole nitrogens is 1. The SMILES string of the molecule is Cn1c(Sc2cccc(C(N)=O)c2N)n[nH]c1=O. The van der Waals surface area contributed by atoms with E-state index in [1.54, 1.807) is 25.2 Å². The maximum absolute atomic E-state index is 11.2. The molecule has 0 bridgehead atoms. The fourth-order valence-electron chi connectivity index (χ4n) is 1.37. The van der Waals surface area contributed by atoms with Crippen molar-refractivity contribution in [3.8, 4) is 0 Å². The van der Waals surface area contributed by atoms with E-state index in [-0.39, 0.29) is 16.9 Å². The second-order valence-corrected chi connectivity index (χ2v) is 4.56. The van der Waals surface area contributed by atoms with Gasteiger partial charge in [-0.05, 0) is 23.9 Å². The molecule has 0 saturated carbocycles. The number of nitrogens with one attached hydrogen (secondary N) is 1. The molecule has 8 heteroatoms. The summed E-state index contributed by atoms with van der Waals surface area (Å²) in [7, 11) is 1.59. The third-order valence-corrected chi connectivity index (χ3v) is 3.50. The molecule has 1 aromatic heterocycles. The first-order valence-corrected chi connectivity index (χ1v) is 5.80. The second kappa shape index (κ2) is 4.57. The number of primary amides is 1.